The standard InChI is InChI=1S/C11H22N2O2/c1-13(15-2)11(14)7-10(8-12)9-5-3-4-6-9/h9-10H,3-8,12H2,1-2H3/t10-/m1/s1. The average Bonchev–Trinajstić information content (AvgIpc) is 2.77. The highest BCUT2D eigenvalue weighted by atomic mass is 16.7. The van der Waals surface area contributed by atoms with Crippen molar-refractivity contribution in [2.45, 2.75) is 32.1 Å². The van der Waals surface area contributed by atoms with Crippen LogP contribution in [0, 0.1) is 11.8 Å². The van der Waals surface area contributed by atoms with E-state index in [1.54, 1.807) is 7.05 Å². The summed E-state index contributed by atoms with van der Waals surface area (Å²) in [5.74, 6) is 1.00. The third-order valence-electron chi connectivity index (χ3n) is 3.43. The molecule has 1 rings (SSSR count). The van der Waals surface area contributed by atoms with E-state index < -0.39 is 0 Å². The largest absolute Gasteiger partial charge is 0.330 e. The van der Waals surface area contributed by atoms with Gasteiger partial charge in [0, 0.05) is 13.5 Å². The first-order valence-corrected chi connectivity index (χ1v) is 5.69. The lowest BCUT2D eigenvalue weighted by Crippen LogP contribution is -2.32. The number of nitrogens with zero attached hydrogens (tertiary/aromatic N) is 1. The smallest absolute Gasteiger partial charge is 0.246 e. The van der Waals surface area contributed by atoms with E-state index in [1.165, 1.54) is 37.9 Å². The Morgan fingerprint density at radius 1 is 1.53 bits per heavy atom. The average molecular weight is 214 g/mol. The van der Waals surface area contributed by atoms with E-state index in [0.717, 1.165) is 0 Å². The third-order valence-corrected chi connectivity index (χ3v) is 3.43. The van der Waals surface area contributed by atoms with Gasteiger partial charge < -0.3 is 5.73 Å². The fraction of sp³-hybridized carbons (Fsp3) is 0.909. The minimum absolute atomic E-state index is 0.0276. The Morgan fingerprint density at radius 2 is 2.13 bits per heavy atom. The number of hydrogen-bond donors (Lipinski definition) is 1. The molecule has 4 nitrogen and oxygen atoms in total. The summed E-state index contributed by atoms with van der Waals surface area (Å²) < 4.78 is 0. The van der Waals surface area contributed by atoms with Crippen LogP contribution in [0.5, 0.6) is 0 Å². The van der Waals surface area contributed by atoms with Gasteiger partial charge in [0.25, 0.3) is 0 Å². The van der Waals surface area contributed by atoms with Gasteiger partial charge in [0.1, 0.15) is 0 Å². The summed E-state index contributed by atoms with van der Waals surface area (Å²) in [5, 5.41) is 1.29. The molecule has 1 aliphatic carbocycles. The molecule has 0 heterocycles. The van der Waals surface area contributed by atoms with Crippen molar-refractivity contribution in [2.24, 2.45) is 17.6 Å². The molecule has 0 aromatic heterocycles. The zero-order valence-corrected chi connectivity index (χ0v) is 9.74. The first-order valence-electron chi connectivity index (χ1n) is 5.69. The lowest BCUT2D eigenvalue weighted by molar-refractivity contribution is -0.170. The van der Waals surface area contributed by atoms with Crippen molar-refractivity contribution in [3.8, 4) is 0 Å². The van der Waals surface area contributed by atoms with Gasteiger partial charge in [0.05, 0.1) is 7.11 Å². The normalized spacial score (nSPS) is 19.1. The number of hydroxylamine groups is 2. The minimum Gasteiger partial charge on any atom is -0.330 e. The number of hydrogen-bond acceptors (Lipinski definition) is 3. The first-order chi connectivity index (χ1) is 7.19. The molecule has 1 fully saturated rings. The molecule has 1 atom stereocenters. The van der Waals surface area contributed by atoms with Gasteiger partial charge in [-0.15, -0.1) is 0 Å². The van der Waals surface area contributed by atoms with Crippen LogP contribution < -0.4 is 5.73 Å². The zero-order valence-electron chi connectivity index (χ0n) is 9.74. The second-order valence-electron chi connectivity index (χ2n) is 4.32. The molecule has 0 radical (unpaired) electrons. The topological polar surface area (TPSA) is 55.6 Å². The maximum Gasteiger partial charge on any atom is 0.246 e. The number of rotatable bonds is 5. The van der Waals surface area contributed by atoms with Crippen LogP contribution in [0.25, 0.3) is 0 Å². The van der Waals surface area contributed by atoms with E-state index in [0.29, 0.717) is 24.8 Å². The van der Waals surface area contributed by atoms with Gasteiger partial charge in [-0.05, 0) is 18.4 Å². The quantitative estimate of drug-likeness (QED) is 0.699. The molecule has 1 amide bonds. The van der Waals surface area contributed by atoms with Crippen LogP contribution in [0.1, 0.15) is 32.1 Å². The van der Waals surface area contributed by atoms with E-state index >= 15 is 0 Å². The summed E-state index contributed by atoms with van der Waals surface area (Å²) in [4.78, 5) is 16.5. The molecule has 0 aromatic rings. The molecule has 4 heteroatoms. The van der Waals surface area contributed by atoms with Gasteiger partial charge in [-0.25, -0.2) is 5.06 Å². The molecule has 1 saturated carbocycles. The van der Waals surface area contributed by atoms with Crippen LogP contribution in [-0.4, -0.2) is 31.7 Å². The molecule has 1 aliphatic rings. The molecule has 0 aromatic carbocycles. The third kappa shape index (κ3) is 3.47. The Kier molecular flexibility index (Phi) is 5.05. The number of carbonyl (C=O) groups is 1. The van der Waals surface area contributed by atoms with Crippen LogP contribution in [0.2, 0.25) is 0 Å². The maximum atomic E-state index is 11.6. The maximum absolute atomic E-state index is 11.6. The summed E-state index contributed by atoms with van der Waals surface area (Å²) in [6.07, 6.45) is 5.55. The van der Waals surface area contributed by atoms with Gasteiger partial charge in [-0.2, -0.15) is 0 Å². The highest BCUT2D eigenvalue weighted by Gasteiger charge is 2.26. The first kappa shape index (κ1) is 12.5. The van der Waals surface area contributed by atoms with Crippen LogP contribution in [0.4, 0.5) is 0 Å². The van der Waals surface area contributed by atoms with Crippen LogP contribution in [0.15, 0.2) is 0 Å². The SMILES string of the molecule is CON(C)C(=O)C[C@H](CN)C1CCCC1. The number of carbonyl (C=O) groups excluding carboxylic acids is 1. The predicted octanol–water partition coefficient (Wildman–Crippen LogP) is 1.16. The Hall–Kier alpha value is -0.610. The van der Waals surface area contributed by atoms with Crippen molar-refractivity contribution in [1.82, 2.24) is 5.06 Å². The lowest BCUT2D eigenvalue weighted by atomic mass is 9.88. The summed E-state index contributed by atoms with van der Waals surface area (Å²) in [6.45, 7) is 0.605. The molecular formula is C11H22N2O2. The van der Waals surface area contributed by atoms with Crippen LogP contribution in [-0.2, 0) is 9.63 Å². The molecule has 0 saturated heterocycles. The predicted molar refractivity (Wildman–Crippen MR) is 58.9 cm³/mol. The molecular weight excluding hydrogens is 192 g/mol. The van der Waals surface area contributed by atoms with E-state index in [2.05, 4.69) is 0 Å². The van der Waals surface area contributed by atoms with Crippen LogP contribution >= 0.6 is 0 Å². The van der Waals surface area contributed by atoms with Gasteiger partial charge in [-0.3, -0.25) is 9.63 Å². The van der Waals surface area contributed by atoms with Crippen molar-refractivity contribution in [1.29, 1.82) is 0 Å². The fourth-order valence-corrected chi connectivity index (χ4v) is 2.33. The Labute approximate surface area is 91.7 Å². The summed E-state index contributed by atoms with van der Waals surface area (Å²) in [6, 6.07) is 0. The highest BCUT2D eigenvalue weighted by Crippen LogP contribution is 2.32. The van der Waals surface area contributed by atoms with Gasteiger partial charge >= 0.3 is 0 Å². The molecule has 0 spiro atoms. The van der Waals surface area contributed by atoms with E-state index in [-0.39, 0.29) is 5.91 Å². The molecule has 0 aliphatic heterocycles. The number of amides is 1. The minimum atomic E-state index is 0.0276. The summed E-state index contributed by atoms with van der Waals surface area (Å²) in [5.41, 5.74) is 5.73. The Balaban J connectivity index is 2.41. The fourth-order valence-electron chi connectivity index (χ4n) is 2.33. The van der Waals surface area contributed by atoms with E-state index in [1.807, 2.05) is 0 Å². The van der Waals surface area contributed by atoms with Crippen LogP contribution in [0.3, 0.4) is 0 Å². The highest BCUT2D eigenvalue weighted by molar-refractivity contribution is 5.75. The molecule has 88 valence electrons. The van der Waals surface area contributed by atoms with Crippen molar-refractivity contribution in [3.63, 3.8) is 0 Å². The second kappa shape index (κ2) is 6.08. The molecule has 2 N–H and O–H groups in total. The van der Waals surface area contributed by atoms with E-state index in [4.69, 9.17) is 10.6 Å². The van der Waals surface area contributed by atoms with Crippen molar-refractivity contribution in [3.05, 3.63) is 0 Å². The van der Waals surface area contributed by atoms with Gasteiger partial charge in [0.2, 0.25) is 5.91 Å². The Bertz CT molecular complexity index is 203. The summed E-state index contributed by atoms with van der Waals surface area (Å²) >= 11 is 0. The molecule has 0 bridgehead atoms. The zero-order chi connectivity index (χ0) is 11.3. The van der Waals surface area contributed by atoms with Crippen molar-refractivity contribution >= 4 is 5.91 Å². The monoisotopic (exact) mass is 214 g/mol. The Morgan fingerprint density at radius 3 is 2.60 bits per heavy atom. The van der Waals surface area contributed by atoms with Crippen molar-refractivity contribution in [2.75, 3.05) is 20.7 Å². The number of nitrogens with two attached hydrogens (primary N) is 1. The van der Waals surface area contributed by atoms with Gasteiger partial charge in [0.15, 0.2) is 0 Å². The second-order valence-corrected chi connectivity index (χ2v) is 4.32. The molecule has 0 unspecified atom stereocenters. The van der Waals surface area contributed by atoms with E-state index in [9.17, 15) is 4.79 Å². The lowest BCUT2D eigenvalue weighted by Gasteiger charge is -2.23. The van der Waals surface area contributed by atoms with Crippen molar-refractivity contribution < 1.29 is 9.63 Å². The molecule has 15 heavy (non-hydrogen) atoms. The van der Waals surface area contributed by atoms with Gasteiger partial charge in [-0.1, -0.05) is 25.7 Å². The summed E-state index contributed by atoms with van der Waals surface area (Å²) in [7, 11) is 3.15.